The van der Waals surface area contributed by atoms with E-state index in [-0.39, 0.29) is 18.1 Å². The van der Waals surface area contributed by atoms with Gasteiger partial charge in [-0.1, -0.05) is 12.7 Å². The molecule has 0 radical (unpaired) electrons. The fourth-order valence-corrected chi connectivity index (χ4v) is 2.36. The van der Waals surface area contributed by atoms with E-state index in [4.69, 9.17) is 10.5 Å². The third-order valence-electron chi connectivity index (χ3n) is 3.46. The maximum Gasteiger partial charge on any atom is 0.174 e. The van der Waals surface area contributed by atoms with E-state index in [1.165, 1.54) is 23.3 Å². The van der Waals surface area contributed by atoms with Crippen LogP contribution in [-0.4, -0.2) is 51.7 Å². The smallest absolute Gasteiger partial charge is 0.174 e. The summed E-state index contributed by atoms with van der Waals surface area (Å²) < 4.78 is 19.9. The summed E-state index contributed by atoms with van der Waals surface area (Å²) in [6, 6.07) is 0. The van der Waals surface area contributed by atoms with E-state index in [9.17, 15) is 14.6 Å². The molecule has 6 nitrogen and oxygen atoms in total. The summed E-state index contributed by atoms with van der Waals surface area (Å²) >= 11 is 0. The molecular weight excluding hydrogens is 265 g/mol. The molecule has 0 bridgehead atoms. The molecule has 0 amide bonds. The molecule has 2 aliphatic rings. The molecule has 1 fully saturated rings. The van der Waals surface area contributed by atoms with E-state index in [0.717, 1.165) is 0 Å². The Hall–Kier alpha value is -1.70. The number of hydrogen-bond acceptors (Lipinski definition) is 6. The van der Waals surface area contributed by atoms with Gasteiger partial charge in [0.25, 0.3) is 0 Å². The zero-order valence-corrected chi connectivity index (χ0v) is 10.9. The lowest BCUT2D eigenvalue weighted by atomic mass is 9.93. The van der Waals surface area contributed by atoms with Gasteiger partial charge in [-0.25, -0.2) is 9.38 Å². The zero-order chi connectivity index (χ0) is 14.9. The van der Waals surface area contributed by atoms with Crippen molar-refractivity contribution in [3.8, 4) is 0 Å². The molecule has 4 atom stereocenters. The van der Waals surface area contributed by atoms with Crippen molar-refractivity contribution in [2.24, 2.45) is 10.7 Å². The third kappa shape index (κ3) is 2.24. The minimum Gasteiger partial charge on any atom is -0.393 e. The average Bonchev–Trinajstić information content (AvgIpc) is 2.65. The molecule has 0 aliphatic carbocycles. The first-order valence-electron chi connectivity index (χ1n) is 6.16. The van der Waals surface area contributed by atoms with Crippen LogP contribution in [0.2, 0.25) is 0 Å². The quantitative estimate of drug-likeness (QED) is 0.632. The number of rotatable bonds is 4. The lowest BCUT2D eigenvalue weighted by Crippen LogP contribution is -2.45. The third-order valence-corrected chi connectivity index (χ3v) is 3.46. The number of alkyl halides is 1. The van der Waals surface area contributed by atoms with Gasteiger partial charge in [-0.15, -0.1) is 6.58 Å². The van der Waals surface area contributed by atoms with Crippen molar-refractivity contribution < 1.29 is 19.3 Å². The summed E-state index contributed by atoms with van der Waals surface area (Å²) in [6.45, 7) is 6.68. The second-order valence-electron chi connectivity index (χ2n) is 4.79. The first kappa shape index (κ1) is 14.7. The first-order chi connectivity index (χ1) is 9.45. The average molecular weight is 283 g/mol. The molecule has 0 unspecified atom stereocenters. The molecule has 2 heterocycles. The van der Waals surface area contributed by atoms with Crippen LogP contribution in [0.4, 0.5) is 4.39 Å². The van der Waals surface area contributed by atoms with Gasteiger partial charge in [-0.2, -0.15) is 0 Å². The number of hydrogen-bond donors (Lipinski definition) is 3. The van der Waals surface area contributed by atoms with Crippen molar-refractivity contribution in [2.75, 3.05) is 6.61 Å². The lowest BCUT2D eigenvalue weighted by Gasteiger charge is -2.32. The van der Waals surface area contributed by atoms with Crippen LogP contribution in [0.15, 0.2) is 42.3 Å². The topological polar surface area (TPSA) is 91.3 Å². The molecule has 4 N–H and O–H groups in total. The first-order valence-corrected chi connectivity index (χ1v) is 6.16. The van der Waals surface area contributed by atoms with Gasteiger partial charge in [-0.05, 0) is 12.5 Å². The van der Waals surface area contributed by atoms with E-state index in [1.807, 2.05) is 0 Å². The van der Waals surface area contributed by atoms with Crippen LogP contribution >= 0.6 is 0 Å². The highest BCUT2D eigenvalue weighted by Crippen LogP contribution is 2.38. The summed E-state index contributed by atoms with van der Waals surface area (Å²) in [5, 5.41) is 19.5. The fraction of sp³-hybridized carbons (Fsp3) is 0.462. The Kier molecular flexibility index (Phi) is 3.94. The SMILES string of the molecule is C=CC[C@]1(CO)O[C@@H](N2C=CC(N)=NC2=C)[C@H](F)[C@@H]1O. The van der Waals surface area contributed by atoms with Gasteiger partial charge < -0.3 is 25.6 Å². The molecule has 0 saturated carbocycles. The van der Waals surface area contributed by atoms with Crippen LogP contribution in [0, 0.1) is 0 Å². The Bertz CT molecular complexity index is 479. The van der Waals surface area contributed by atoms with E-state index < -0.39 is 30.7 Å². The number of nitrogens with two attached hydrogens (primary N) is 1. The van der Waals surface area contributed by atoms with Crippen LogP contribution in [0.1, 0.15) is 6.42 Å². The molecule has 20 heavy (non-hydrogen) atoms. The Morgan fingerprint density at radius 2 is 2.35 bits per heavy atom. The summed E-state index contributed by atoms with van der Waals surface area (Å²) in [5.74, 6) is 0.455. The summed E-state index contributed by atoms with van der Waals surface area (Å²) in [4.78, 5) is 5.25. The predicted octanol–water partition coefficient (Wildman–Crippen LogP) is 0.00660. The van der Waals surface area contributed by atoms with Crippen molar-refractivity contribution in [2.45, 2.75) is 30.5 Å². The maximum atomic E-state index is 14.3. The second-order valence-corrected chi connectivity index (χ2v) is 4.79. The fourth-order valence-electron chi connectivity index (χ4n) is 2.36. The van der Waals surface area contributed by atoms with Gasteiger partial charge in [-0.3, -0.25) is 0 Å². The van der Waals surface area contributed by atoms with Crippen LogP contribution in [0.5, 0.6) is 0 Å². The van der Waals surface area contributed by atoms with Gasteiger partial charge in [0.05, 0.1) is 6.61 Å². The van der Waals surface area contributed by atoms with Crippen LogP contribution < -0.4 is 5.73 Å². The van der Waals surface area contributed by atoms with Crippen molar-refractivity contribution in [3.05, 3.63) is 37.3 Å². The standard InChI is InChI=1S/C13H18FN3O3/c1-3-5-13(7-18)11(19)10(14)12(20-13)17-6-4-9(15)16-8(17)2/h3-4,6,10-12,18-19H,1-2,5,7H2,(H2,15,16)/t10-,11+,12-,13-/m1/s1. The molecule has 2 rings (SSSR count). The molecule has 0 aromatic rings. The van der Waals surface area contributed by atoms with Gasteiger partial charge >= 0.3 is 0 Å². The van der Waals surface area contributed by atoms with Crippen molar-refractivity contribution in [3.63, 3.8) is 0 Å². The molecule has 1 saturated heterocycles. The van der Waals surface area contributed by atoms with E-state index in [2.05, 4.69) is 18.2 Å². The minimum atomic E-state index is -1.72. The highest BCUT2D eigenvalue weighted by molar-refractivity contribution is 5.92. The van der Waals surface area contributed by atoms with Crippen LogP contribution in [0.3, 0.4) is 0 Å². The van der Waals surface area contributed by atoms with E-state index in [0.29, 0.717) is 0 Å². The van der Waals surface area contributed by atoms with Gasteiger partial charge in [0.15, 0.2) is 12.4 Å². The molecular formula is C13H18FN3O3. The molecule has 0 aromatic heterocycles. The highest BCUT2D eigenvalue weighted by Gasteiger charge is 2.56. The molecule has 110 valence electrons. The largest absolute Gasteiger partial charge is 0.393 e. The second kappa shape index (κ2) is 5.35. The van der Waals surface area contributed by atoms with Crippen molar-refractivity contribution in [1.29, 1.82) is 0 Å². The number of aliphatic hydroxyl groups is 2. The number of halogens is 1. The minimum absolute atomic E-state index is 0.122. The highest BCUT2D eigenvalue weighted by atomic mass is 19.1. The Labute approximate surface area is 116 Å². The number of aliphatic imine (C=N–C) groups is 1. The normalized spacial score (nSPS) is 37.1. The van der Waals surface area contributed by atoms with Crippen molar-refractivity contribution >= 4 is 5.84 Å². The number of ether oxygens (including phenoxy) is 1. The predicted molar refractivity (Wildman–Crippen MR) is 72.1 cm³/mol. The number of aliphatic hydroxyl groups excluding tert-OH is 2. The Morgan fingerprint density at radius 3 is 2.90 bits per heavy atom. The van der Waals surface area contributed by atoms with Crippen LogP contribution in [0.25, 0.3) is 0 Å². The monoisotopic (exact) mass is 283 g/mol. The molecule has 0 spiro atoms. The van der Waals surface area contributed by atoms with E-state index in [1.54, 1.807) is 0 Å². The Morgan fingerprint density at radius 1 is 1.65 bits per heavy atom. The summed E-state index contributed by atoms with van der Waals surface area (Å²) in [6.07, 6.45) is 0.220. The number of nitrogens with zero attached hydrogens (tertiary/aromatic N) is 2. The molecule has 0 aromatic carbocycles. The van der Waals surface area contributed by atoms with Crippen LogP contribution in [-0.2, 0) is 4.74 Å². The van der Waals surface area contributed by atoms with Crippen molar-refractivity contribution in [1.82, 2.24) is 4.90 Å². The summed E-state index contributed by atoms with van der Waals surface area (Å²) in [5.41, 5.74) is 4.10. The molecule has 2 aliphatic heterocycles. The summed E-state index contributed by atoms with van der Waals surface area (Å²) in [7, 11) is 0. The van der Waals surface area contributed by atoms with Gasteiger partial charge in [0, 0.05) is 6.20 Å². The maximum absolute atomic E-state index is 14.3. The zero-order valence-electron chi connectivity index (χ0n) is 10.9. The number of amidine groups is 1. The van der Waals surface area contributed by atoms with E-state index >= 15 is 0 Å². The van der Waals surface area contributed by atoms with Gasteiger partial charge in [0.2, 0.25) is 0 Å². The lowest BCUT2D eigenvalue weighted by molar-refractivity contribution is -0.132. The van der Waals surface area contributed by atoms with Gasteiger partial charge in [0.1, 0.15) is 23.4 Å². The Balaban J connectivity index is 2.25. The molecule has 7 heteroatoms.